The van der Waals surface area contributed by atoms with Gasteiger partial charge in [0.25, 0.3) is 0 Å². The molecule has 0 aliphatic heterocycles. The average Bonchev–Trinajstić information content (AvgIpc) is 2.94. The predicted octanol–water partition coefficient (Wildman–Crippen LogP) is 2.82. The lowest BCUT2D eigenvalue weighted by atomic mass is 10.1. The van der Waals surface area contributed by atoms with Gasteiger partial charge in [-0.1, -0.05) is 12.8 Å². The zero-order valence-corrected chi connectivity index (χ0v) is 11.7. The molecule has 0 saturated heterocycles. The molecule has 0 aromatic heterocycles. The molecule has 1 aromatic carbocycles. The van der Waals surface area contributed by atoms with Crippen molar-refractivity contribution < 1.29 is 9.53 Å². The van der Waals surface area contributed by atoms with E-state index in [4.69, 9.17) is 10.5 Å². The third-order valence-corrected chi connectivity index (χ3v) is 3.88. The zero-order chi connectivity index (χ0) is 13.8. The topological polar surface area (TPSA) is 55.6 Å². The quantitative estimate of drug-likeness (QED) is 0.669. The first kappa shape index (κ1) is 13.7. The minimum atomic E-state index is -0.373. The smallest absolute Gasteiger partial charge is 0.340 e. The van der Waals surface area contributed by atoms with Crippen LogP contribution in [0.3, 0.4) is 0 Å². The lowest BCUT2D eigenvalue weighted by Gasteiger charge is -2.30. The number of benzene rings is 1. The van der Waals surface area contributed by atoms with Gasteiger partial charge in [-0.05, 0) is 38.0 Å². The lowest BCUT2D eigenvalue weighted by Crippen LogP contribution is -2.33. The summed E-state index contributed by atoms with van der Waals surface area (Å²) in [4.78, 5) is 14.1. The van der Waals surface area contributed by atoms with Crippen molar-refractivity contribution in [2.45, 2.75) is 38.6 Å². The van der Waals surface area contributed by atoms with Crippen LogP contribution >= 0.6 is 0 Å². The highest BCUT2D eigenvalue weighted by molar-refractivity contribution is 5.96. The van der Waals surface area contributed by atoms with Crippen LogP contribution in [0.4, 0.5) is 11.4 Å². The van der Waals surface area contributed by atoms with Gasteiger partial charge in [0.1, 0.15) is 0 Å². The summed E-state index contributed by atoms with van der Waals surface area (Å²) in [6, 6.07) is 6.21. The molecule has 2 rings (SSSR count). The van der Waals surface area contributed by atoms with Crippen LogP contribution in [-0.2, 0) is 4.74 Å². The molecule has 0 spiro atoms. The molecule has 0 atom stereocenters. The molecule has 2 N–H and O–H groups in total. The Morgan fingerprint density at radius 1 is 1.42 bits per heavy atom. The van der Waals surface area contributed by atoms with Gasteiger partial charge in [0.15, 0.2) is 0 Å². The Kier molecular flexibility index (Phi) is 4.30. The van der Waals surface area contributed by atoms with Crippen molar-refractivity contribution >= 4 is 17.3 Å². The van der Waals surface area contributed by atoms with Crippen LogP contribution in [0.15, 0.2) is 18.2 Å². The standard InChI is InChI=1S/C15H22N2O2/c1-3-17(11-6-4-5-7-11)12-8-9-14(16)13(10-12)15(18)19-2/h8-11H,3-7,16H2,1-2H3. The first-order valence-corrected chi connectivity index (χ1v) is 6.91. The fraction of sp³-hybridized carbons (Fsp3) is 0.533. The number of rotatable bonds is 4. The van der Waals surface area contributed by atoms with Crippen LogP contribution in [0.25, 0.3) is 0 Å². The molecule has 1 fully saturated rings. The number of esters is 1. The zero-order valence-electron chi connectivity index (χ0n) is 11.7. The maximum atomic E-state index is 11.7. The monoisotopic (exact) mass is 262 g/mol. The van der Waals surface area contributed by atoms with Gasteiger partial charge in [0.05, 0.1) is 12.7 Å². The first-order chi connectivity index (χ1) is 9.17. The molecule has 1 aliphatic carbocycles. The van der Waals surface area contributed by atoms with Crippen LogP contribution in [0.2, 0.25) is 0 Å². The van der Waals surface area contributed by atoms with E-state index in [1.807, 2.05) is 12.1 Å². The fourth-order valence-corrected chi connectivity index (χ4v) is 2.88. The number of anilines is 2. The molecule has 4 nitrogen and oxygen atoms in total. The summed E-state index contributed by atoms with van der Waals surface area (Å²) in [7, 11) is 1.38. The Labute approximate surface area is 114 Å². The molecular weight excluding hydrogens is 240 g/mol. The van der Waals surface area contributed by atoms with E-state index in [0.717, 1.165) is 12.2 Å². The van der Waals surface area contributed by atoms with E-state index in [9.17, 15) is 4.79 Å². The van der Waals surface area contributed by atoms with Crippen molar-refractivity contribution in [2.75, 3.05) is 24.3 Å². The molecular formula is C15H22N2O2. The number of carbonyl (C=O) groups is 1. The summed E-state index contributed by atoms with van der Waals surface area (Å²) in [5.41, 5.74) is 7.83. The number of carbonyl (C=O) groups excluding carboxylic acids is 1. The maximum absolute atomic E-state index is 11.7. The number of ether oxygens (including phenoxy) is 1. The highest BCUT2D eigenvalue weighted by atomic mass is 16.5. The largest absolute Gasteiger partial charge is 0.465 e. The van der Waals surface area contributed by atoms with E-state index < -0.39 is 0 Å². The molecule has 4 heteroatoms. The summed E-state index contributed by atoms with van der Waals surface area (Å²) in [6.07, 6.45) is 5.04. The van der Waals surface area contributed by atoms with E-state index in [-0.39, 0.29) is 5.97 Å². The molecule has 0 heterocycles. The van der Waals surface area contributed by atoms with Crippen LogP contribution in [-0.4, -0.2) is 25.7 Å². The van der Waals surface area contributed by atoms with Gasteiger partial charge in [-0.15, -0.1) is 0 Å². The van der Waals surface area contributed by atoms with Gasteiger partial charge >= 0.3 is 5.97 Å². The average molecular weight is 262 g/mol. The van der Waals surface area contributed by atoms with Gasteiger partial charge in [-0.3, -0.25) is 0 Å². The number of methoxy groups -OCH3 is 1. The second-order valence-electron chi connectivity index (χ2n) is 4.99. The third kappa shape index (κ3) is 2.83. The van der Waals surface area contributed by atoms with Crippen molar-refractivity contribution in [2.24, 2.45) is 0 Å². The Bertz CT molecular complexity index is 453. The van der Waals surface area contributed by atoms with Crippen molar-refractivity contribution in [1.29, 1.82) is 0 Å². The van der Waals surface area contributed by atoms with Gasteiger partial charge in [-0.2, -0.15) is 0 Å². The molecule has 0 radical (unpaired) electrons. The minimum Gasteiger partial charge on any atom is -0.465 e. The SMILES string of the molecule is CCN(c1ccc(N)c(C(=O)OC)c1)C1CCCC1. The van der Waals surface area contributed by atoms with Crippen molar-refractivity contribution in [1.82, 2.24) is 0 Å². The second-order valence-corrected chi connectivity index (χ2v) is 4.99. The van der Waals surface area contributed by atoms with E-state index in [0.29, 0.717) is 17.3 Å². The van der Waals surface area contributed by atoms with Crippen LogP contribution in [0.1, 0.15) is 43.0 Å². The molecule has 0 bridgehead atoms. The number of hydrogen-bond donors (Lipinski definition) is 1. The Morgan fingerprint density at radius 2 is 2.11 bits per heavy atom. The van der Waals surface area contributed by atoms with Crippen molar-refractivity contribution in [3.63, 3.8) is 0 Å². The summed E-state index contributed by atoms with van der Waals surface area (Å²) in [5.74, 6) is -0.373. The molecule has 1 aliphatic rings. The van der Waals surface area contributed by atoms with E-state index in [1.165, 1.54) is 32.8 Å². The molecule has 0 unspecified atom stereocenters. The molecule has 19 heavy (non-hydrogen) atoms. The highest BCUT2D eigenvalue weighted by Gasteiger charge is 2.22. The van der Waals surface area contributed by atoms with Gasteiger partial charge in [-0.25, -0.2) is 4.79 Å². The lowest BCUT2D eigenvalue weighted by molar-refractivity contribution is 0.0602. The maximum Gasteiger partial charge on any atom is 0.340 e. The third-order valence-electron chi connectivity index (χ3n) is 3.88. The van der Waals surface area contributed by atoms with E-state index in [2.05, 4.69) is 11.8 Å². The second kappa shape index (κ2) is 5.95. The van der Waals surface area contributed by atoms with Crippen LogP contribution in [0.5, 0.6) is 0 Å². The van der Waals surface area contributed by atoms with Crippen molar-refractivity contribution in [3.8, 4) is 0 Å². The summed E-state index contributed by atoms with van der Waals surface area (Å²) >= 11 is 0. The first-order valence-electron chi connectivity index (χ1n) is 6.91. The Morgan fingerprint density at radius 3 is 2.68 bits per heavy atom. The molecule has 1 saturated carbocycles. The van der Waals surface area contributed by atoms with Gasteiger partial charge in [0.2, 0.25) is 0 Å². The molecule has 0 amide bonds. The molecule has 104 valence electrons. The number of nitrogens with two attached hydrogens (primary N) is 1. The Balaban J connectivity index is 2.30. The summed E-state index contributed by atoms with van der Waals surface area (Å²) in [5, 5.41) is 0. The van der Waals surface area contributed by atoms with Crippen LogP contribution in [0, 0.1) is 0 Å². The summed E-state index contributed by atoms with van der Waals surface area (Å²) < 4.78 is 4.77. The fourth-order valence-electron chi connectivity index (χ4n) is 2.88. The predicted molar refractivity (Wildman–Crippen MR) is 77.5 cm³/mol. The van der Waals surface area contributed by atoms with E-state index in [1.54, 1.807) is 6.07 Å². The van der Waals surface area contributed by atoms with E-state index >= 15 is 0 Å². The number of nitrogen functional groups attached to an aromatic ring is 1. The number of nitrogens with zero attached hydrogens (tertiary/aromatic N) is 1. The van der Waals surface area contributed by atoms with Crippen LogP contribution < -0.4 is 10.6 Å². The van der Waals surface area contributed by atoms with Gasteiger partial charge in [0, 0.05) is 24.0 Å². The van der Waals surface area contributed by atoms with Crippen molar-refractivity contribution in [3.05, 3.63) is 23.8 Å². The normalized spacial score (nSPS) is 15.5. The van der Waals surface area contributed by atoms with Gasteiger partial charge < -0.3 is 15.4 Å². The highest BCUT2D eigenvalue weighted by Crippen LogP contribution is 2.30. The molecule has 1 aromatic rings. The Hall–Kier alpha value is -1.71. The minimum absolute atomic E-state index is 0.373. The summed E-state index contributed by atoms with van der Waals surface area (Å²) in [6.45, 7) is 3.09. The number of hydrogen-bond acceptors (Lipinski definition) is 4.